The van der Waals surface area contributed by atoms with Crippen molar-refractivity contribution >= 4 is 41.4 Å². The van der Waals surface area contributed by atoms with Crippen LogP contribution < -0.4 is 38.5 Å². The van der Waals surface area contributed by atoms with Crippen LogP contribution in [0.3, 0.4) is 0 Å². The Hall–Kier alpha value is -5.09. The van der Waals surface area contributed by atoms with E-state index in [0.29, 0.717) is 51.9 Å². The van der Waals surface area contributed by atoms with E-state index in [4.69, 9.17) is 28.3 Å². The van der Waals surface area contributed by atoms with Crippen LogP contribution in [0.15, 0.2) is 10.2 Å². The van der Waals surface area contributed by atoms with Gasteiger partial charge >= 0.3 is 0 Å². The summed E-state index contributed by atoms with van der Waals surface area (Å²) in [5, 5.41) is 17.3. The van der Waals surface area contributed by atoms with Gasteiger partial charge in [0.05, 0.1) is 0 Å². The second-order valence-electron chi connectivity index (χ2n) is 12.8. The summed E-state index contributed by atoms with van der Waals surface area (Å²) in [6.07, 6.45) is 6.84. The number of rotatable bonds is 29. The summed E-state index contributed by atoms with van der Waals surface area (Å²) in [4.78, 5) is 86.0. The number of amides is 7. The number of carbonyl (C=O) groups is 7. The van der Waals surface area contributed by atoms with Crippen molar-refractivity contribution in [2.75, 3.05) is 39.3 Å². The Morgan fingerprint density at radius 2 is 0.906 bits per heavy atom. The van der Waals surface area contributed by atoms with Gasteiger partial charge in [-0.2, -0.15) is 0 Å². The molecule has 0 aromatic heterocycles. The van der Waals surface area contributed by atoms with Gasteiger partial charge in [0.1, 0.15) is 13.1 Å². The number of carbonyl (C=O) groups excluding carboxylic acids is 7. The van der Waals surface area contributed by atoms with Gasteiger partial charge in [-0.15, -0.1) is 0 Å². The third-order valence-corrected chi connectivity index (χ3v) is 8.44. The van der Waals surface area contributed by atoms with Crippen LogP contribution in [0.25, 0.3) is 20.9 Å². The Balaban J connectivity index is 0. The molecular weight excluding hydrogens is 690 g/mol. The van der Waals surface area contributed by atoms with Gasteiger partial charge in [0, 0.05) is 65.6 Å². The number of azide groups is 2. The fourth-order valence-electron chi connectivity index (χ4n) is 5.05. The zero-order valence-electron chi connectivity index (χ0n) is 31.7. The molecule has 0 spiro atoms. The van der Waals surface area contributed by atoms with E-state index in [1.807, 2.05) is 13.8 Å². The fraction of sp³-hybridized carbons (Fsp3) is 0.788. The van der Waals surface area contributed by atoms with Gasteiger partial charge in [0.25, 0.3) is 0 Å². The first-order valence-corrected chi connectivity index (χ1v) is 18.1. The van der Waals surface area contributed by atoms with E-state index in [1.54, 1.807) is 13.8 Å². The molecule has 0 fully saturated rings. The van der Waals surface area contributed by atoms with Crippen molar-refractivity contribution in [3.05, 3.63) is 20.9 Å². The molecule has 0 saturated heterocycles. The number of nitrogens with zero attached hydrogens (tertiary/aromatic N) is 6. The molecule has 0 bridgehead atoms. The minimum atomic E-state index is -0.519. The summed E-state index contributed by atoms with van der Waals surface area (Å²) < 4.78 is 0. The Morgan fingerprint density at radius 3 is 1.28 bits per heavy atom. The minimum absolute atomic E-state index is 0.0719. The highest BCUT2D eigenvalue weighted by atomic mass is 16.2. The molecular formula is C33H61N13O7. The lowest BCUT2D eigenvalue weighted by Crippen LogP contribution is -2.37. The maximum absolute atomic E-state index is 12.5. The lowest BCUT2D eigenvalue weighted by atomic mass is 9.85. The number of nitrogens with two attached hydrogens (primary N) is 3. The van der Waals surface area contributed by atoms with E-state index in [1.165, 1.54) is 0 Å². The maximum Gasteiger partial charge on any atom is 0.225 e. The number of unbranched alkanes of at least 4 members (excludes halogenated alkanes) is 4. The van der Waals surface area contributed by atoms with Gasteiger partial charge in [-0.25, -0.2) is 0 Å². The summed E-state index contributed by atoms with van der Waals surface area (Å²) in [6, 6.07) is 0. The Bertz CT molecular complexity index is 1250. The number of hydrogen-bond acceptors (Lipinski definition) is 9. The molecule has 0 rings (SSSR count). The van der Waals surface area contributed by atoms with Gasteiger partial charge in [0.2, 0.25) is 41.4 Å². The van der Waals surface area contributed by atoms with E-state index in [0.717, 1.165) is 32.1 Å². The predicted molar refractivity (Wildman–Crippen MR) is 199 cm³/mol. The van der Waals surface area contributed by atoms with Gasteiger partial charge in [0.15, 0.2) is 0 Å². The van der Waals surface area contributed by atoms with Gasteiger partial charge in [-0.1, -0.05) is 37.9 Å². The highest BCUT2D eigenvalue weighted by Crippen LogP contribution is 2.23. The third kappa shape index (κ3) is 27.3. The summed E-state index contributed by atoms with van der Waals surface area (Å²) in [6.45, 7) is 8.73. The summed E-state index contributed by atoms with van der Waals surface area (Å²) in [5.41, 5.74) is 32.2. The van der Waals surface area contributed by atoms with Crippen LogP contribution >= 0.6 is 0 Å². The highest BCUT2D eigenvalue weighted by Gasteiger charge is 2.28. The monoisotopic (exact) mass is 751 g/mol. The van der Waals surface area contributed by atoms with Gasteiger partial charge in [-0.3, -0.25) is 33.6 Å². The molecule has 20 nitrogen and oxygen atoms in total. The van der Waals surface area contributed by atoms with Crippen molar-refractivity contribution < 1.29 is 33.6 Å². The molecule has 0 aliphatic heterocycles. The molecule has 7 amide bonds. The van der Waals surface area contributed by atoms with Crippen molar-refractivity contribution in [1.82, 2.24) is 21.3 Å². The average molecular weight is 752 g/mol. The van der Waals surface area contributed by atoms with Crippen molar-refractivity contribution in [2.45, 2.75) is 98.3 Å². The molecule has 53 heavy (non-hydrogen) atoms. The Labute approximate surface area is 311 Å². The van der Waals surface area contributed by atoms with Crippen LogP contribution in [0.1, 0.15) is 98.3 Å². The zero-order valence-corrected chi connectivity index (χ0v) is 31.7. The summed E-state index contributed by atoms with van der Waals surface area (Å²) >= 11 is 0. The standard InChI is InChI=1S/C18H33N7O4.C15H28N6O3/c1-3-13(17(20)28)10-14(9-12(2)16(19)27)18(29)23-8-6-4-5-7-22-15(26)11-24-25-21;1-3-12(14(16)23)9-11(2)15(24)19-8-6-4-5-7-18-13(22)10-20-21-17/h12-14H,3-11H2,1-2H3,(H2,19,27)(H2,20,28)(H,22,26)(H,23,29);11-12H,3-10H2,1-2H3,(H2,16,23)(H,18,22)(H,19,24). The van der Waals surface area contributed by atoms with Crippen molar-refractivity contribution in [1.29, 1.82) is 0 Å². The van der Waals surface area contributed by atoms with Crippen LogP contribution in [-0.4, -0.2) is 80.6 Å². The quantitative estimate of drug-likeness (QED) is 0.0257. The fourth-order valence-corrected chi connectivity index (χ4v) is 5.05. The topological polar surface area (TPSA) is 343 Å². The first kappa shape index (κ1) is 50.0. The molecule has 0 aromatic rings. The lowest BCUT2D eigenvalue weighted by Gasteiger charge is -2.22. The molecule has 0 saturated carbocycles. The van der Waals surface area contributed by atoms with Gasteiger partial charge < -0.3 is 38.5 Å². The molecule has 0 radical (unpaired) electrons. The van der Waals surface area contributed by atoms with Crippen molar-refractivity contribution in [2.24, 2.45) is 57.0 Å². The first-order valence-electron chi connectivity index (χ1n) is 18.1. The molecule has 0 aliphatic carbocycles. The minimum Gasteiger partial charge on any atom is -0.369 e. The first-order chi connectivity index (χ1) is 25.1. The van der Waals surface area contributed by atoms with Crippen LogP contribution in [0.5, 0.6) is 0 Å². The molecule has 5 atom stereocenters. The summed E-state index contributed by atoms with van der Waals surface area (Å²) in [5.74, 6) is -4.17. The van der Waals surface area contributed by atoms with E-state index in [9.17, 15) is 33.6 Å². The van der Waals surface area contributed by atoms with E-state index < -0.39 is 29.6 Å². The van der Waals surface area contributed by atoms with Crippen LogP contribution in [0, 0.1) is 29.6 Å². The summed E-state index contributed by atoms with van der Waals surface area (Å²) in [7, 11) is 0. The largest absolute Gasteiger partial charge is 0.369 e. The molecule has 20 heteroatoms. The second kappa shape index (κ2) is 31.6. The Morgan fingerprint density at radius 1 is 0.528 bits per heavy atom. The number of hydrogen-bond donors (Lipinski definition) is 7. The van der Waals surface area contributed by atoms with Crippen LogP contribution in [0.2, 0.25) is 0 Å². The maximum atomic E-state index is 12.5. The SMILES string of the molecule is CCC(CC(C)C(=O)NCCCCCNC(=O)CN=[N+]=[N-])C(N)=O.CCC(CC(CC(C)C(N)=O)C(=O)NCCCCCNC(=O)CN=[N+]=[N-])C(N)=O. The molecule has 300 valence electrons. The third-order valence-electron chi connectivity index (χ3n) is 8.44. The highest BCUT2D eigenvalue weighted by molar-refractivity contribution is 5.83. The molecule has 5 unspecified atom stereocenters. The Kier molecular flexibility index (Phi) is 29.9. The van der Waals surface area contributed by atoms with E-state index in [-0.39, 0.29) is 67.3 Å². The lowest BCUT2D eigenvalue weighted by molar-refractivity contribution is -0.129. The number of primary amides is 3. The van der Waals surface area contributed by atoms with Crippen LogP contribution in [0.4, 0.5) is 0 Å². The van der Waals surface area contributed by atoms with Crippen LogP contribution in [-0.2, 0) is 33.6 Å². The van der Waals surface area contributed by atoms with Gasteiger partial charge in [-0.05, 0) is 81.7 Å². The predicted octanol–water partition coefficient (Wildman–Crippen LogP) is 1.97. The van der Waals surface area contributed by atoms with Crippen molar-refractivity contribution in [3.8, 4) is 0 Å². The normalized spacial score (nSPS) is 13.1. The number of nitrogens with one attached hydrogen (secondary N) is 4. The second-order valence-corrected chi connectivity index (χ2v) is 12.8. The molecule has 10 N–H and O–H groups in total. The molecule has 0 aliphatic rings. The van der Waals surface area contributed by atoms with E-state index >= 15 is 0 Å². The molecule has 0 heterocycles. The smallest absolute Gasteiger partial charge is 0.225 e. The molecule has 0 aromatic carbocycles. The van der Waals surface area contributed by atoms with Crippen molar-refractivity contribution in [3.63, 3.8) is 0 Å². The zero-order chi connectivity index (χ0) is 40.6. The van der Waals surface area contributed by atoms with E-state index in [2.05, 4.69) is 41.3 Å². The average Bonchev–Trinajstić information content (AvgIpc) is 3.12.